The first-order valence-electron chi connectivity index (χ1n) is 7.63. The van der Waals surface area contributed by atoms with Gasteiger partial charge < -0.3 is 10.2 Å². The molecule has 4 heteroatoms. The summed E-state index contributed by atoms with van der Waals surface area (Å²) < 4.78 is 0. The van der Waals surface area contributed by atoms with Crippen molar-refractivity contribution < 1.29 is 4.79 Å². The fourth-order valence-corrected chi connectivity index (χ4v) is 3.14. The van der Waals surface area contributed by atoms with Crippen molar-refractivity contribution in [2.75, 3.05) is 33.7 Å². The molecule has 2 rings (SSSR count). The quantitative estimate of drug-likeness (QED) is 0.915. The van der Waals surface area contributed by atoms with E-state index in [1.165, 1.54) is 22.3 Å². The average Bonchev–Trinajstić information content (AvgIpc) is 2.42. The number of carbonyl (C=O) groups excluding carboxylic acids is 1. The standard InChI is InChI=1S/C17H27N3O/c1-12-8-13(2)15(14(3)9-12)11-20-7-6-18-10-16(20)17(21)19(4)5/h8-9,16,18H,6-7,10-11H2,1-5H3. The van der Waals surface area contributed by atoms with Crippen molar-refractivity contribution in [3.63, 3.8) is 0 Å². The molecule has 1 amide bonds. The van der Waals surface area contributed by atoms with Crippen LogP contribution in [0.4, 0.5) is 0 Å². The van der Waals surface area contributed by atoms with Crippen molar-refractivity contribution in [2.45, 2.75) is 33.4 Å². The molecule has 0 bridgehead atoms. The zero-order chi connectivity index (χ0) is 15.6. The molecule has 21 heavy (non-hydrogen) atoms. The Morgan fingerprint density at radius 3 is 2.48 bits per heavy atom. The lowest BCUT2D eigenvalue weighted by atomic mass is 9.98. The summed E-state index contributed by atoms with van der Waals surface area (Å²) in [5.74, 6) is 0.185. The number of nitrogens with one attached hydrogen (secondary N) is 1. The molecular weight excluding hydrogens is 262 g/mol. The summed E-state index contributed by atoms with van der Waals surface area (Å²) in [6.07, 6.45) is 0. The van der Waals surface area contributed by atoms with Gasteiger partial charge in [0.25, 0.3) is 0 Å². The molecule has 1 aromatic carbocycles. The van der Waals surface area contributed by atoms with E-state index >= 15 is 0 Å². The van der Waals surface area contributed by atoms with E-state index < -0.39 is 0 Å². The lowest BCUT2D eigenvalue weighted by molar-refractivity contribution is -0.135. The highest BCUT2D eigenvalue weighted by molar-refractivity contribution is 5.81. The van der Waals surface area contributed by atoms with Gasteiger partial charge in [-0.05, 0) is 37.5 Å². The molecule has 1 unspecified atom stereocenters. The summed E-state index contributed by atoms with van der Waals surface area (Å²) in [4.78, 5) is 16.4. The van der Waals surface area contributed by atoms with Crippen LogP contribution in [0.1, 0.15) is 22.3 Å². The van der Waals surface area contributed by atoms with Crippen molar-refractivity contribution in [3.05, 3.63) is 34.4 Å². The van der Waals surface area contributed by atoms with Gasteiger partial charge in [-0.15, -0.1) is 0 Å². The monoisotopic (exact) mass is 289 g/mol. The smallest absolute Gasteiger partial charge is 0.240 e. The summed E-state index contributed by atoms with van der Waals surface area (Å²) >= 11 is 0. The number of carbonyl (C=O) groups is 1. The Morgan fingerprint density at radius 1 is 1.29 bits per heavy atom. The normalized spacial score (nSPS) is 19.6. The Balaban J connectivity index is 2.22. The van der Waals surface area contributed by atoms with Gasteiger partial charge in [0.05, 0.1) is 0 Å². The van der Waals surface area contributed by atoms with Crippen LogP contribution in [0, 0.1) is 20.8 Å². The molecule has 1 aromatic rings. The number of likely N-dealkylation sites (N-methyl/N-ethyl adjacent to an activating group) is 1. The number of hydrogen-bond donors (Lipinski definition) is 1. The molecule has 0 aromatic heterocycles. The summed E-state index contributed by atoms with van der Waals surface area (Å²) in [7, 11) is 3.66. The van der Waals surface area contributed by atoms with E-state index in [4.69, 9.17) is 0 Å². The van der Waals surface area contributed by atoms with E-state index in [0.29, 0.717) is 0 Å². The molecule has 0 radical (unpaired) electrons. The van der Waals surface area contributed by atoms with Crippen molar-refractivity contribution in [3.8, 4) is 0 Å². The van der Waals surface area contributed by atoms with E-state index in [1.54, 1.807) is 4.90 Å². The van der Waals surface area contributed by atoms with Crippen LogP contribution in [0.15, 0.2) is 12.1 Å². The second-order valence-corrected chi connectivity index (χ2v) is 6.30. The minimum Gasteiger partial charge on any atom is -0.347 e. The third kappa shape index (κ3) is 3.63. The first-order valence-corrected chi connectivity index (χ1v) is 7.63. The van der Waals surface area contributed by atoms with E-state index in [2.05, 4.69) is 43.1 Å². The second-order valence-electron chi connectivity index (χ2n) is 6.30. The van der Waals surface area contributed by atoms with Gasteiger partial charge in [-0.1, -0.05) is 17.7 Å². The minimum atomic E-state index is -0.0612. The number of amides is 1. The van der Waals surface area contributed by atoms with Crippen LogP contribution in [0.25, 0.3) is 0 Å². The molecule has 1 saturated heterocycles. The Hall–Kier alpha value is -1.39. The van der Waals surface area contributed by atoms with Gasteiger partial charge in [-0.2, -0.15) is 0 Å². The van der Waals surface area contributed by atoms with Crippen LogP contribution in [0.5, 0.6) is 0 Å². The van der Waals surface area contributed by atoms with E-state index in [1.807, 2.05) is 14.1 Å². The zero-order valence-electron chi connectivity index (χ0n) is 13.9. The molecule has 4 nitrogen and oxygen atoms in total. The predicted molar refractivity (Wildman–Crippen MR) is 86.4 cm³/mol. The summed E-state index contributed by atoms with van der Waals surface area (Å²) in [6, 6.07) is 4.40. The number of hydrogen-bond acceptors (Lipinski definition) is 3. The average molecular weight is 289 g/mol. The topological polar surface area (TPSA) is 35.6 Å². The molecule has 116 valence electrons. The predicted octanol–water partition coefficient (Wildman–Crippen LogP) is 1.47. The number of nitrogens with zero attached hydrogens (tertiary/aromatic N) is 2. The van der Waals surface area contributed by atoms with Crippen LogP contribution >= 0.6 is 0 Å². The molecule has 0 saturated carbocycles. The van der Waals surface area contributed by atoms with Gasteiger partial charge in [0.15, 0.2) is 0 Å². The molecule has 0 spiro atoms. The van der Waals surface area contributed by atoms with Gasteiger partial charge in [0.2, 0.25) is 5.91 Å². The molecule has 1 atom stereocenters. The fourth-order valence-electron chi connectivity index (χ4n) is 3.14. The SMILES string of the molecule is Cc1cc(C)c(CN2CCNCC2C(=O)N(C)C)c(C)c1. The van der Waals surface area contributed by atoms with Gasteiger partial charge in [0.1, 0.15) is 6.04 Å². The highest BCUT2D eigenvalue weighted by Gasteiger charge is 2.30. The molecule has 1 fully saturated rings. The summed E-state index contributed by atoms with van der Waals surface area (Å²) in [5, 5.41) is 3.34. The van der Waals surface area contributed by atoms with Crippen molar-refractivity contribution >= 4 is 5.91 Å². The highest BCUT2D eigenvalue weighted by atomic mass is 16.2. The molecule has 0 aliphatic carbocycles. The van der Waals surface area contributed by atoms with Crippen molar-refractivity contribution in [2.24, 2.45) is 0 Å². The van der Waals surface area contributed by atoms with E-state index in [0.717, 1.165) is 26.2 Å². The van der Waals surface area contributed by atoms with Gasteiger partial charge >= 0.3 is 0 Å². The maximum absolute atomic E-state index is 12.4. The van der Waals surface area contributed by atoms with Crippen LogP contribution in [0.3, 0.4) is 0 Å². The van der Waals surface area contributed by atoms with Crippen LogP contribution in [0.2, 0.25) is 0 Å². The third-order valence-corrected chi connectivity index (χ3v) is 4.28. The lowest BCUT2D eigenvalue weighted by Gasteiger charge is -2.37. The molecule has 1 N–H and O–H groups in total. The van der Waals surface area contributed by atoms with Gasteiger partial charge in [-0.3, -0.25) is 9.69 Å². The Kier molecular flexibility index (Phi) is 5.01. The van der Waals surface area contributed by atoms with E-state index in [9.17, 15) is 4.79 Å². The van der Waals surface area contributed by atoms with Crippen LogP contribution < -0.4 is 5.32 Å². The van der Waals surface area contributed by atoms with Crippen LogP contribution in [-0.2, 0) is 11.3 Å². The van der Waals surface area contributed by atoms with E-state index in [-0.39, 0.29) is 11.9 Å². The first-order chi connectivity index (χ1) is 9.90. The molecule has 1 heterocycles. The molecule has 1 aliphatic rings. The van der Waals surface area contributed by atoms with Crippen molar-refractivity contribution in [1.82, 2.24) is 15.1 Å². The second kappa shape index (κ2) is 6.58. The Bertz CT molecular complexity index is 502. The maximum Gasteiger partial charge on any atom is 0.240 e. The van der Waals surface area contributed by atoms with Crippen molar-refractivity contribution in [1.29, 1.82) is 0 Å². The summed E-state index contributed by atoms with van der Waals surface area (Å²) in [5.41, 5.74) is 5.30. The number of aryl methyl sites for hydroxylation is 3. The minimum absolute atomic E-state index is 0.0612. The Morgan fingerprint density at radius 2 is 1.90 bits per heavy atom. The third-order valence-electron chi connectivity index (χ3n) is 4.28. The van der Waals surface area contributed by atoms with Crippen LogP contribution in [-0.4, -0.2) is 55.5 Å². The summed E-state index contributed by atoms with van der Waals surface area (Å²) in [6.45, 7) is 9.91. The van der Waals surface area contributed by atoms with Gasteiger partial charge in [-0.25, -0.2) is 0 Å². The number of benzene rings is 1. The zero-order valence-corrected chi connectivity index (χ0v) is 13.9. The molecule has 1 aliphatic heterocycles. The number of rotatable bonds is 3. The maximum atomic E-state index is 12.4. The van der Waals surface area contributed by atoms with Gasteiger partial charge in [0, 0.05) is 40.3 Å². The first kappa shape index (κ1) is 16.0. The molecular formula is C17H27N3O. The fraction of sp³-hybridized carbons (Fsp3) is 0.588. The largest absolute Gasteiger partial charge is 0.347 e. The Labute approximate surface area is 128 Å². The highest BCUT2D eigenvalue weighted by Crippen LogP contribution is 2.20. The lowest BCUT2D eigenvalue weighted by Crippen LogP contribution is -2.57. The number of piperazine rings is 1.